The summed E-state index contributed by atoms with van der Waals surface area (Å²) in [7, 11) is 1.69. The molecule has 0 spiro atoms. The molecule has 2 aromatic rings. The summed E-state index contributed by atoms with van der Waals surface area (Å²) in [5, 5.41) is 4.06. The van der Waals surface area contributed by atoms with Gasteiger partial charge in [0.2, 0.25) is 0 Å². The van der Waals surface area contributed by atoms with Crippen LogP contribution in [0, 0.1) is 0 Å². The molecule has 134 valence electrons. The van der Waals surface area contributed by atoms with Gasteiger partial charge in [-0.1, -0.05) is 49.8 Å². The number of methoxy groups -OCH3 is 1. The zero-order valence-electron chi connectivity index (χ0n) is 15.3. The quantitative estimate of drug-likeness (QED) is 0.376. The van der Waals surface area contributed by atoms with Crippen LogP contribution in [0.5, 0.6) is 5.75 Å². The monoisotopic (exact) mass is 355 g/mol. The Hall–Kier alpha value is -1.87. The van der Waals surface area contributed by atoms with Crippen LogP contribution in [0.15, 0.2) is 67.3 Å². The van der Waals surface area contributed by atoms with E-state index in [0.717, 1.165) is 17.9 Å². The van der Waals surface area contributed by atoms with Crippen molar-refractivity contribution in [3.63, 3.8) is 0 Å². The van der Waals surface area contributed by atoms with Gasteiger partial charge in [-0.15, -0.1) is 6.58 Å². The molecule has 0 aromatic heterocycles. The maximum absolute atomic E-state index is 5.23. The molecule has 0 aliphatic carbocycles. The molecule has 3 heteroatoms. The van der Waals surface area contributed by atoms with Crippen LogP contribution in [-0.2, 0) is 0 Å². The first kappa shape index (κ1) is 19.5. The maximum atomic E-state index is 5.23. The van der Waals surface area contributed by atoms with Gasteiger partial charge in [-0.2, -0.15) is 11.8 Å². The average Bonchev–Trinajstić information content (AvgIpc) is 2.67. The Bertz CT molecular complexity index is 612. The molecule has 1 N–H and O–H groups in total. The third-order valence-corrected chi connectivity index (χ3v) is 5.57. The molecule has 2 atom stereocenters. The third-order valence-electron chi connectivity index (χ3n) is 4.18. The first-order valence-electron chi connectivity index (χ1n) is 8.96. The first-order chi connectivity index (χ1) is 12.3. The fourth-order valence-corrected chi connectivity index (χ4v) is 4.12. The summed E-state index contributed by atoms with van der Waals surface area (Å²) in [5.74, 6) is 2.07. The molecular formula is C22H29NOS. The molecule has 0 saturated heterocycles. The van der Waals surface area contributed by atoms with Gasteiger partial charge in [0.05, 0.1) is 7.11 Å². The SMILES string of the molecule is C=CC(CC(SCCCC)c1ccccc1)Nc1ccc(OC)cc1. The van der Waals surface area contributed by atoms with Crippen LogP contribution in [0.3, 0.4) is 0 Å². The standard InChI is InChI=1S/C22H29NOS/c1-4-6-16-25-22(18-10-8-7-9-11-18)17-19(5-2)23-20-12-14-21(24-3)15-13-20/h5,7-15,19,22-23H,2,4,6,16-17H2,1,3H3. The molecule has 0 bridgehead atoms. The number of rotatable bonds is 11. The summed E-state index contributed by atoms with van der Waals surface area (Å²) >= 11 is 2.05. The Labute approximate surface area is 156 Å². The molecule has 0 aliphatic rings. The van der Waals surface area contributed by atoms with Gasteiger partial charge in [0, 0.05) is 17.0 Å². The van der Waals surface area contributed by atoms with Gasteiger partial charge in [-0.3, -0.25) is 0 Å². The lowest BCUT2D eigenvalue weighted by molar-refractivity contribution is 0.415. The van der Waals surface area contributed by atoms with E-state index in [0.29, 0.717) is 5.25 Å². The average molecular weight is 356 g/mol. The number of thioether (sulfide) groups is 1. The molecule has 0 radical (unpaired) electrons. The lowest BCUT2D eigenvalue weighted by Gasteiger charge is -2.23. The molecule has 0 aliphatic heterocycles. The van der Waals surface area contributed by atoms with Crippen molar-refractivity contribution in [1.29, 1.82) is 0 Å². The van der Waals surface area contributed by atoms with E-state index in [4.69, 9.17) is 4.74 Å². The van der Waals surface area contributed by atoms with Gasteiger partial charge in [0.1, 0.15) is 5.75 Å². The predicted octanol–water partition coefficient (Wildman–Crippen LogP) is 6.33. The molecule has 2 aromatic carbocycles. The van der Waals surface area contributed by atoms with Gasteiger partial charge < -0.3 is 10.1 Å². The number of nitrogens with one attached hydrogen (secondary N) is 1. The van der Waals surface area contributed by atoms with Crippen molar-refractivity contribution in [2.24, 2.45) is 0 Å². The van der Waals surface area contributed by atoms with Crippen LogP contribution in [-0.4, -0.2) is 18.9 Å². The zero-order chi connectivity index (χ0) is 17.9. The van der Waals surface area contributed by atoms with E-state index in [1.165, 1.54) is 24.2 Å². The van der Waals surface area contributed by atoms with E-state index in [9.17, 15) is 0 Å². The van der Waals surface area contributed by atoms with E-state index >= 15 is 0 Å². The molecule has 2 rings (SSSR count). The summed E-state index contributed by atoms with van der Waals surface area (Å²) < 4.78 is 5.23. The topological polar surface area (TPSA) is 21.3 Å². The van der Waals surface area contributed by atoms with Crippen molar-refractivity contribution in [2.45, 2.75) is 37.5 Å². The molecule has 0 amide bonds. The summed E-state index contributed by atoms with van der Waals surface area (Å²) in [5.41, 5.74) is 2.49. The smallest absolute Gasteiger partial charge is 0.119 e. The number of unbranched alkanes of at least 4 members (excludes halogenated alkanes) is 1. The van der Waals surface area contributed by atoms with Crippen LogP contribution in [0.25, 0.3) is 0 Å². The van der Waals surface area contributed by atoms with Crippen molar-refractivity contribution < 1.29 is 4.74 Å². The van der Waals surface area contributed by atoms with E-state index < -0.39 is 0 Å². The molecule has 0 heterocycles. The molecule has 25 heavy (non-hydrogen) atoms. The molecule has 2 unspecified atom stereocenters. The minimum atomic E-state index is 0.229. The molecule has 2 nitrogen and oxygen atoms in total. The van der Waals surface area contributed by atoms with Crippen LogP contribution in [0.1, 0.15) is 37.0 Å². The van der Waals surface area contributed by atoms with E-state index in [1.54, 1.807) is 7.11 Å². The van der Waals surface area contributed by atoms with E-state index in [1.807, 2.05) is 18.2 Å². The van der Waals surface area contributed by atoms with E-state index in [2.05, 4.69) is 73.0 Å². The summed E-state index contributed by atoms with van der Waals surface area (Å²) in [6.45, 7) is 6.28. The highest BCUT2D eigenvalue weighted by Gasteiger charge is 2.16. The minimum Gasteiger partial charge on any atom is -0.497 e. The Kier molecular flexibility index (Phi) is 8.47. The fourth-order valence-electron chi connectivity index (χ4n) is 2.68. The van der Waals surface area contributed by atoms with Gasteiger partial charge in [-0.05, 0) is 48.4 Å². The van der Waals surface area contributed by atoms with Crippen molar-refractivity contribution in [3.05, 3.63) is 72.8 Å². The second-order valence-corrected chi connectivity index (χ2v) is 7.39. The van der Waals surface area contributed by atoms with Crippen molar-refractivity contribution >= 4 is 17.4 Å². The normalized spacial score (nSPS) is 13.0. The largest absolute Gasteiger partial charge is 0.497 e. The highest BCUT2D eigenvalue weighted by molar-refractivity contribution is 7.99. The third kappa shape index (κ3) is 6.50. The van der Waals surface area contributed by atoms with Crippen molar-refractivity contribution in [3.8, 4) is 5.75 Å². The lowest BCUT2D eigenvalue weighted by Crippen LogP contribution is -2.19. The predicted molar refractivity (Wildman–Crippen MR) is 112 cm³/mol. The molecule has 0 saturated carbocycles. The van der Waals surface area contributed by atoms with Crippen molar-refractivity contribution in [1.82, 2.24) is 0 Å². The summed E-state index contributed by atoms with van der Waals surface area (Å²) in [6, 6.07) is 19.1. The molecular weight excluding hydrogens is 326 g/mol. The fraction of sp³-hybridized carbons (Fsp3) is 0.364. The van der Waals surface area contributed by atoms with Gasteiger partial charge in [0.15, 0.2) is 0 Å². The van der Waals surface area contributed by atoms with Crippen LogP contribution >= 0.6 is 11.8 Å². The Balaban J connectivity index is 2.03. The number of hydrogen-bond acceptors (Lipinski definition) is 3. The Morgan fingerprint density at radius 3 is 2.44 bits per heavy atom. The number of hydrogen-bond donors (Lipinski definition) is 1. The Morgan fingerprint density at radius 1 is 1.12 bits per heavy atom. The maximum Gasteiger partial charge on any atom is 0.119 e. The van der Waals surface area contributed by atoms with Gasteiger partial charge in [-0.25, -0.2) is 0 Å². The second-order valence-electron chi connectivity index (χ2n) is 6.07. The van der Waals surface area contributed by atoms with Crippen LogP contribution in [0.4, 0.5) is 5.69 Å². The number of benzene rings is 2. The molecule has 0 fully saturated rings. The summed E-state index contributed by atoms with van der Waals surface area (Å²) in [6.07, 6.45) is 5.54. The first-order valence-corrected chi connectivity index (χ1v) is 10.0. The summed E-state index contributed by atoms with van der Waals surface area (Å²) in [4.78, 5) is 0. The minimum absolute atomic E-state index is 0.229. The Morgan fingerprint density at radius 2 is 1.84 bits per heavy atom. The lowest BCUT2D eigenvalue weighted by atomic mass is 10.0. The van der Waals surface area contributed by atoms with Gasteiger partial charge in [0.25, 0.3) is 0 Å². The van der Waals surface area contributed by atoms with E-state index in [-0.39, 0.29) is 6.04 Å². The van der Waals surface area contributed by atoms with Gasteiger partial charge >= 0.3 is 0 Å². The van der Waals surface area contributed by atoms with Crippen LogP contribution in [0.2, 0.25) is 0 Å². The highest BCUT2D eigenvalue weighted by Crippen LogP contribution is 2.34. The van der Waals surface area contributed by atoms with Crippen LogP contribution < -0.4 is 10.1 Å². The highest BCUT2D eigenvalue weighted by atomic mass is 32.2. The zero-order valence-corrected chi connectivity index (χ0v) is 16.1. The number of ether oxygens (including phenoxy) is 1. The van der Waals surface area contributed by atoms with Crippen molar-refractivity contribution in [2.75, 3.05) is 18.2 Å². The number of anilines is 1. The second kappa shape index (κ2) is 10.9.